The third kappa shape index (κ3) is 3.06. The van der Waals surface area contributed by atoms with Gasteiger partial charge in [0.1, 0.15) is 11.2 Å². The standard InChI is InChI=1S/C16H21FO3/c1-6-20-14(19)16(4,5)13(18)15(2,3)11-7-9-12(17)10-8-11/h7-10H,6H2,1-5H3. The Morgan fingerprint density at radius 1 is 1.10 bits per heavy atom. The van der Waals surface area contributed by atoms with Crippen molar-refractivity contribution in [3.05, 3.63) is 35.6 Å². The Hall–Kier alpha value is -1.71. The predicted molar refractivity (Wildman–Crippen MR) is 74.8 cm³/mol. The van der Waals surface area contributed by atoms with E-state index in [1.165, 1.54) is 12.1 Å². The van der Waals surface area contributed by atoms with Crippen LogP contribution in [0.15, 0.2) is 24.3 Å². The van der Waals surface area contributed by atoms with Crippen molar-refractivity contribution in [2.45, 2.75) is 40.0 Å². The normalized spacial score (nSPS) is 12.1. The Bertz CT molecular complexity index is 501. The molecule has 0 radical (unpaired) electrons. The number of hydrogen-bond donors (Lipinski definition) is 0. The molecular formula is C16H21FO3. The SMILES string of the molecule is CCOC(=O)C(C)(C)C(=O)C(C)(C)c1ccc(F)cc1. The Balaban J connectivity index is 3.11. The zero-order valence-corrected chi connectivity index (χ0v) is 12.6. The quantitative estimate of drug-likeness (QED) is 0.614. The molecule has 0 atom stereocenters. The third-order valence-corrected chi connectivity index (χ3v) is 3.49. The first-order valence-electron chi connectivity index (χ1n) is 6.62. The number of hydrogen-bond acceptors (Lipinski definition) is 3. The zero-order chi connectivity index (χ0) is 15.6. The molecule has 0 saturated carbocycles. The molecule has 1 rings (SSSR count). The van der Waals surface area contributed by atoms with Gasteiger partial charge >= 0.3 is 5.97 Å². The Kier molecular flexibility index (Phi) is 4.69. The van der Waals surface area contributed by atoms with Crippen LogP contribution in [-0.2, 0) is 19.7 Å². The number of ketones is 1. The molecule has 0 aliphatic carbocycles. The number of benzene rings is 1. The van der Waals surface area contributed by atoms with Crippen LogP contribution in [0.2, 0.25) is 0 Å². The van der Waals surface area contributed by atoms with Crippen LogP contribution in [0.25, 0.3) is 0 Å². The Labute approximate surface area is 119 Å². The zero-order valence-electron chi connectivity index (χ0n) is 12.6. The van der Waals surface area contributed by atoms with Gasteiger partial charge < -0.3 is 4.74 Å². The van der Waals surface area contributed by atoms with E-state index in [-0.39, 0.29) is 18.2 Å². The van der Waals surface area contributed by atoms with Crippen LogP contribution in [0.5, 0.6) is 0 Å². The van der Waals surface area contributed by atoms with E-state index in [0.29, 0.717) is 5.56 Å². The van der Waals surface area contributed by atoms with Gasteiger partial charge in [0.2, 0.25) is 0 Å². The number of esters is 1. The summed E-state index contributed by atoms with van der Waals surface area (Å²) in [4.78, 5) is 24.6. The molecule has 0 unspecified atom stereocenters. The van der Waals surface area contributed by atoms with Crippen molar-refractivity contribution in [3.8, 4) is 0 Å². The lowest BCUT2D eigenvalue weighted by molar-refractivity contribution is -0.159. The number of ether oxygens (including phenoxy) is 1. The smallest absolute Gasteiger partial charge is 0.319 e. The second kappa shape index (κ2) is 5.73. The minimum atomic E-state index is -1.24. The summed E-state index contributed by atoms with van der Waals surface area (Å²) in [7, 11) is 0. The van der Waals surface area contributed by atoms with Gasteiger partial charge in [-0.15, -0.1) is 0 Å². The number of halogens is 1. The maximum Gasteiger partial charge on any atom is 0.319 e. The lowest BCUT2D eigenvalue weighted by atomic mass is 9.70. The van der Waals surface area contributed by atoms with E-state index in [2.05, 4.69) is 0 Å². The summed E-state index contributed by atoms with van der Waals surface area (Å²) in [6, 6.07) is 5.74. The summed E-state index contributed by atoms with van der Waals surface area (Å²) >= 11 is 0. The number of Topliss-reactive ketones (excluding diaryl/α,β-unsaturated/α-hetero) is 1. The lowest BCUT2D eigenvalue weighted by Gasteiger charge is -2.32. The Morgan fingerprint density at radius 2 is 1.60 bits per heavy atom. The maximum atomic E-state index is 13.0. The molecule has 0 aliphatic rings. The van der Waals surface area contributed by atoms with E-state index in [0.717, 1.165) is 0 Å². The first-order valence-corrected chi connectivity index (χ1v) is 6.62. The highest BCUT2D eigenvalue weighted by Gasteiger charge is 2.45. The predicted octanol–water partition coefficient (Wildman–Crippen LogP) is 3.26. The van der Waals surface area contributed by atoms with Gasteiger partial charge in [0, 0.05) is 5.41 Å². The van der Waals surface area contributed by atoms with Gasteiger partial charge in [-0.25, -0.2) is 4.39 Å². The van der Waals surface area contributed by atoms with Crippen LogP contribution in [-0.4, -0.2) is 18.4 Å². The lowest BCUT2D eigenvalue weighted by Crippen LogP contribution is -2.45. The average molecular weight is 280 g/mol. The fourth-order valence-electron chi connectivity index (χ4n) is 2.18. The van der Waals surface area contributed by atoms with Crippen LogP contribution >= 0.6 is 0 Å². The topological polar surface area (TPSA) is 43.4 Å². The van der Waals surface area contributed by atoms with Gasteiger partial charge in [-0.05, 0) is 52.3 Å². The van der Waals surface area contributed by atoms with Crippen molar-refractivity contribution < 1.29 is 18.7 Å². The second-order valence-corrected chi connectivity index (χ2v) is 5.81. The molecule has 0 bridgehead atoms. The molecule has 110 valence electrons. The molecule has 0 saturated heterocycles. The van der Waals surface area contributed by atoms with E-state index >= 15 is 0 Å². The molecule has 0 aromatic heterocycles. The maximum absolute atomic E-state index is 13.0. The van der Waals surface area contributed by atoms with Gasteiger partial charge in [-0.2, -0.15) is 0 Å². The highest BCUT2D eigenvalue weighted by atomic mass is 19.1. The van der Waals surface area contributed by atoms with Crippen LogP contribution in [0, 0.1) is 11.2 Å². The molecule has 0 fully saturated rings. The summed E-state index contributed by atoms with van der Waals surface area (Å²) in [6.45, 7) is 8.49. The highest BCUT2D eigenvalue weighted by molar-refractivity contribution is 6.07. The van der Waals surface area contributed by atoms with Gasteiger partial charge in [0.25, 0.3) is 0 Å². The van der Waals surface area contributed by atoms with E-state index < -0.39 is 16.8 Å². The monoisotopic (exact) mass is 280 g/mol. The molecule has 20 heavy (non-hydrogen) atoms. The van der Waals surface area contributed by atoms with Crippen LogP contribution in [0.3, 0.4) is 0 Å². The molecule has 1 aromatic carbocycles. The number of carbonyl (C=O) groups excluding carboxylic acids is 2. The van der Waals surface area contributed by atoms with E-state index in [9.17, 15) is 14.0 Å². The van der Waals surface area contributed by atoms with Crippen LogP contribution in [0.1, 0.15) is 40.2 Å². The minimum Gasteiger partial charge on any atom is -0.465 e. The van der Waals surface area contributed by atoms with Gasteiger partial charge in [0.15, 0.2) is 5.78 Å². The summed E-state index contributed by atoms with van der Waals surface area (Å²) < 4.78 is 17.9. The van der Waals surface area contributed by atoms with Crippen molar-refractivity contribution in [2.24, 2.45) is 5.41 Å². The van der Waals surface area contributed by atoms with Crippen molar-refractivity contribution in [2.75, 3.05) is 6.61 Å². The van der Waals surface area contributed by atoms with Crippen LogP contribution in [0.4, 0.5) is 4.39 Å². The molecule has 1 aromatic rings. The van der Waals surface area contributed by atoms with Crippen molar-refractivity contribution in [1.29, 1.82) is 0 Å². The molecule has 0 amide bonds. The molecule has 0 spiro atoms. The third-order valence-electron chi connectivity index (χ3n) is 3.49. The minimum absolute atomic E-state index is 0.229. The molecule has 0 N–H and O–H groups in total. The van der Waals surface area contributed by atoms with Crippen LogP contribution < -0.4 is 0 Å². The van der Waals surface area contributed by atoms with Gasteiger partial charge in [-0.1, -0.05) is 12.1 Å². The van der Waals surface area contributed by atoms with Crippen molar-refractivity contribution in [3.63, 3.8) is 0 Å². The van der Waals surface area contributed by atoms with Gasteiger partial charge in [0.05, 0.1) is 6.61 Å². The first-order chi connectivity index (χ1) is 9.14. The molecule has 0 aliphatic heterocycles. The molecule has 0 heterocycles. The molecular weight excluding hydrogens is 259 g/mol. The van der Waals surface area contributed by atoms with Crippen molar-refractivity contribution in [1.82, 2.24) is 0 Å². The fourth-order valence-corrected chi connectivity index (χ4v) is 2.18. The molecule has 3 nitrogen and oxygen atoms in total. The van der Waals surface area contributed by atoms with E-state index in [1.54, 1.807) is 46.8 Å². The summed E-state index contributed by atoms with van der Waals surface area (Å²) in [5, 5.41) is 0. The van der Waals surface area contributed by atoms with Gasteiger partial charge in [-0.3, -0.25) is 9.59 Å². The number of carbonyl (C=O) groups is 2. The fraction of sp³-hybridized carbons (Fsp3) is 0.500. The van der Waals surface area contributed by atoms with E-state index in [1.807, 2.05) is 0 Å². The first kappa shape index (κ1) is 16.3. The number of rotatable bonds is 5. The van der Waals surface area contributed by atoms with Crippen molar-refractivity contribution >= 4 is 11.8 Å². The highest BCUT2D eigenvalue weighted by Crippen LogP contribution is 2.34. The average Bonchev–Trinajstić information content (AvgIpc) is 2.38. The largest absolute Gasteiger partial charge is 0.465 e. The molecule has 4 heteroatoms. The second-order valence-electron chi connectivity index (χ2n) is 5.81. The summed E-state index contributed by atoms with van der Waals surface area (Å²) in [6.07, 6.45) is 0. The Morgan fingerprint density at radius 3 is 2.05 bits per heavy atom. The summed E-state index contributed by atoms with van der Waals surface area (Å²) in [5.41, 5.74) is -1.47. The van der Waals surface area contributed by atoms with E-state index in [4.69, 9.17) is 4.74 Å². The summed E-state index contributed by atoms with van der Waals surface area (Å²) in [5.74, 6) is -1.16.